The maximum absolute atomic E-state index is 12.3. The highest BCUT2D eigenvalue weighted by Gasteiger charge is 2.21. The van der Waals surface area contributed by atoms with Crippen LogP contribution < -0.4 is 5.73 Å². The lowest BCUT2D eigenvalue weighted by molar-refractivity contribution is -0.128. The van der Waals surface area contributed by atoms with Crippen LogP contribution in [0.3, 0.4) is 0 Å². The van der Waals surface area contributed by atoms with Crippen molar-refractivity contribution < 1.29 is 9.00 Å². The first kappa shape index (κ1) is 15.3. The molecule has 0 saturated carbocycles. The Hall–Kier alpha value is -1.07. The number of nitrogens with zero attached hydrogens (tertiary/aromatic N) is 1. The number of hydrogen-bond donors (Lipinski definition) is 1. The van der Waals surface area contributed by atoms with Gasteiger partial charge in [-0.1, -0.05) is 30.5 Å². The minimum atomic E-state index is -1.49. The zero-order chi connectivity index (χ0) is 14.5. The third-order valence-corrected chi connectivity index (χ3v) is 5.29. The van der Waals surface area contributed by atoms with Crippen LogP contribution in [0.2, 0.25) is 5.02 Å². The van der Waals surface area contributed by atoms with E-state index in [0.29, 0.717) is 15.6 Å². The molecular weight excluding hydrogens is 296 g/mol. The molecule has 6 heteroatoms. The van der Waals surface area contributed by atoms with E-state index in [0.717, 1.165) is 38.8 Å². The number of nitrogens with two attached hydrogens (primary N) is 1. The minimum Gasteiger partial charge on any atom is -0.398 e. The van der Waals surface area contributed by atoms with Gasteiger partial charge in [-0.25, -0.2) is 0 Å². The van der Waals surface area contributed by atoms with Gasteiger partial charge in [0.05, 0.1) is 20.7 Å². The number of carbonyl (C=O) groups excluding carboxylic acids is 1. The van der Waals surface area contributed by atoms with Gasteiger partial charge < -0.3 is 10.6 Å². The van der Waals surface area contributed by atoms with Crippen LogP contribution in [-0.4, -0.2) is 33.9 Å². The number of rotatable bonds is 3. The standard InChI is InChI=1S/C14H19ClN2O2S/c15-11-6-5-7-12(16)14(11)20(19)10-13(18)17-8-3-1-2-4-9-17/h5-7H,1-4,8-10,16H2. The van der Waals surface area contributed by atoms with Gasteiger partial charge in [0.1, 0.15) is 5.75 Å². The Labute approximate surface area is 126 Å². The van der Waals surface area contributed by atoms with Crippen LogP contribution in [0.1, 0.15) is 25.7 Å². The predicted octanol–water partition coefficient (Wildman–Crippen LogP) is 2.43. The molecule has 1 fully saturated rings. The average molecular weight is 315 g/mol. The Bertz CT molecular complexity index is 494. The second kappa shape index (κ2) is 7.09. The molecule has 1 saturated heterocycles. The molecule has 0 spiro atoms. The monoisotopic (exact) mass is 314 g/mol. The second-order valence-electron chi connectivity index (χ2n) is 4.94. The Morgan fingerprint density at radius 2 is 1.90 bits per heavy atom. The molecule has 1 aromatic carbocycles. The van der Waals surface area contributed by atoms with E-state index in [-0.39, 0.29) is 11.7 Å². The van der Waals surface area contributed by atoms with Crippen LogP contribution >= 0.6 is 11.6 Å². The van der Waals surface area contributed by atoms with E-state index >= 15 is 0 Å². The Kier molecular flexibility index (Phi) is 5.43. The van der Waals surface area contributed by atoms with Crippen molar-refractivity contribution in [2.45, 2.75) is 30.6 Å². The van der Waals surface area contributed by atoms with Crippen molar-refractivity contribution in [2.24, 2.45) is 0 Å². The maximum atomic E-state index is 12.3. The van der Waals surface area contributed by atoms with Gasteiger partial charge in [0.2, 0.25) is 5.91 Å². The molecule has 2 rings (SSSR count). The van der Waals surface area contributed by atoms with E-state index in [2.05, 4.69) is 0 Å². The number of benzene rings is 1. The summed E-state index contributed by atoms with van der Waals surface area (Å²) in [6, 6.07) is 4.99. The molecule has 1 unspecified atom stereocenters. The van der Waals surface area contributed by atoms with Gasteiger partial charge in [0.25, 0.3) is 0 Å². The number of nitrogen functional groups attached to an aromatic ring is 1. The van der Waals surface area contributed by atoms with Gasteiger partial charge >= 0.3 is 0 Å². The van der Waals surface area contributed by atoms with Crippen LogP contribution in [0.25, 0.3) is 0 Å². The lowest BCUT2D eigenvalue weighted by atomic mass is 10.2. The molecule has 1 heterocycles. The first-order valence-electron chi connectivity index (χ1n) is 6.79. The van der Waals surface area contributed by atoms with Gasteiger partial charge in [-0.3, -0.25) is 9.00 Å². The van der Waals surface area contributed by atoms with Crippen LogP contribution in [0.15, 0.2) is 23.1 Å². The molecule has 0 aromatic heterocycles. The van der Waals surface area contributed by atoms with Gasteiger partial charge in [-0.15, -0.1) is 0 Å². The Morgan fingerprint density at radius 3 is 2.50 bits per heavy atom. The van der Waals surface area contributed by atoms with E-state index in [4.69, 9.17) is 17.3 Å². The molecule has 0 aliphatic carbocycles. The fourth-order valence-electron chi connectivity index (χ4n) is 2.36. The molecule has 4 nitrogen and oxygen atoms in total. The second-order valence-corrected chi connectivity index (χ2v) is 6.74. The zero-order valence-corrected chi connectivity index (χ0v) is 12.9. The van der Waals surface area contributed by atoms with E-state index < -0.39 is 10.8 Å². The summed E-state index contributed by atoms with van der Waals surface area (Å²) in [6.45, 7) is 1.52. The molecule has 0 radical (unpaired) electrons. The quantitative estimate of drug-likeness (QED) is 0.872. The highest BCUT2D eigenvalue weighted by Crippen LogP contribution is 2.26. The van der Waals surface area contributed by atoms with Crippen molar-refractivity contribution in [3.63, 3.8) is 0 Å². The highest BCUT2D eigenvalue weighted by atomic mass is 35.5. The summed E-state index contributed by atoms with van der Waals surface area (Å²) in [5, 5.41) is 0.354. The summed E-state index contributed by atoms with van der Waals surface area (Å²) in [7, 11) is -1.49. The predicted molar refractivity (Wildman–Crippen MR) is 82.2 cm³/mol. The van der Waals surface area contributed by atoms with E-state index in [1.54, 1.807) is 23.1 Å². The van der Waals surface area contributed by atoms with Crippen molar-refractivity contribution in [1.82, 2.24) is 4.90 Å². The van der Waals surface area contributed by atoms with E-state index in [1.165, 1.54) is 0 Å². The highest BCUT2D eigenvalue weighted by molar-refractivity contribution is 7.86. The normalized spacial score (nSPS) is 17.6. The summed E-state index contributed by atoms with van der Waals surface area (Å²) >= 11 is 6.02. The molecular formula is C14H19ClN2O2S. The number of anilines is 1. The molecule has 1 amide bonds. The topological polar surface area (TPSA) is 63.4 Å². The summed E-state index contributed by atoms with van der Waals surface area (Å²) in [5.41, 5.74) is 6.17. The van der Waals surface area contributed by atoms with Crippen molar-refractivity contribution >= 4 is 34.0 Å². The number of hydrogen-bond acceptors (Lipinski definition) is 3. The van der Waals surface area contributed by atoms with Gasteiger partial charge in [-0.2, -0.15) is 0 Å². The summed E-state index contributed by atoms with van der Waals surface area (Å²) < 4.78 is 12.3. The summed E-state index contributed by atoms with van der Waals surface area (Å²) in [6.07, 6.45) is 4.36. The van der Waals surface area contributed by atoms with Crippen LogP contribution in [-0.2, 0) is 15.6 Å². The number of likely N-dealkylation sites (tertiary alicyclic amines) is 1. The molecule has 1 aliphatic heterocycles. The largest absolute Gasteiger partial charge is 0.398 e. The average Bonchev–Trinajstić information content (AvgIpc) is 2.67. The SMILES string of the molecule is Nc1cccc(Cl)c1S(=O)CC(=O)N1CCCCCC1. The third kappa shape index (κ3) is 3.73. The molecule has 1 atom stereocenters. The first-order valence-corrected chi connectivity index (χ1v) is 8.49. The van der Waals surface area contributed by atoms with E-state index in [9.17, 15) is 9.00 Å². The van der Waals surface area contributed by atoms with Gasteiger partial charge in [0, 0.05) is 18.8 Å². The van der Waals surface area contributed by atoms with Crippen molar-refractivity contribution in [1.29, 1.82) is 0 Å². The molecule has 1 aromatic rings. The first-order chi connectivity index (χ1) is 9.59. The van der Waals surface area contributed by atoms with Crippen LogP contribution in [0.5, 0.6) is 0 Å². The Morgan fingerprint density at radius 1 is 1.25 bits per heavy atom. The van der Waals surface area contributed by atoms with Crippen molar-refractivity contribution in [2.75, 3.05) is 24.6 Å². The van der Waals surface area contributed by atoms with Gasteiger partial charge in [-0.05, 0) is 25.0 Å². The fourth-order valence-corrected chi connectivity index (χ4v) is 3.97. The fraction of sp³-hybridized carbons (Fsp3) is 0.500. The summed E-state index contributed by atoms with van der Waals surface area (Å²) in [5.74, 6) is -0.127. The van der Waals surface area contributed by atoms with E-state index in [1.807, 2.05) is 0 Å². The maximum Gasteiger partial charge on any atom is 0.235 e. The minimum absolute atomic E-state index is 0.0477. The number of amides is 1. The van der Waals surface area contributed by atoms with Crippen LogP contribution in [0.4, 0.5) is 5.69 Å². The molecule has 20 heavy (non-hydrogen) atoms. The number of halogens is 1. The lowest BCUT2D eigenvalue weighted by Crippen LogP contribution is -2.35. The lowest BCUT2D eigenvalue weighted by Gasteiger charge is -2.20. The summed E-state index contributed by atoms with van der Waals surface area (Å²) in [4.78, 5) is 14.4. The van der Waals surface area contributed by atoms with Gasteiger partial charge in [0.15, 0.2) is 0 Å². The molecule has 110 valence electrons. The Balaban J connectivity index is 2.05. The van der Waals surface area contributed by atoms with Crippen LogP contribution in [0, 0.1) is 0 Å². The third-order valence-electron chi connectivity index (χ3n) is 3.44. The van der Waals surface area contributed by atoms with Crippen molar-refractivity contribution in [3.8, 4) is 0 Å². The number of carbonyl (C=O) groups is 1. The molecule has 0 bridgehead atoms. The molecule has 2 N–H and O–H groups in total. The molecule has 1 aliphatic rings. The smallest absolute Gasteiger partial charge is 0.235 e. The van der Waals surface area contributed by atoms with Crippen molar-refractivity contribution in [3.05, 3.63) is 23.2 Å². The zero-order valence-electron chi connectivity index (χ0n) is 11.3.